The third-order valence-corrected chi connectivity index (χ3v) is 3.65. The van der Waals surface area contributed by atoms with Crippen LogP contribution in [0.2, 0.25) is 5.02 Å². The van der Waals surface area contributed by atoms with Crippen molar-refractivity contribution in [2.45, 2.75) is 6.54 Å². The molecule has 96 valence electrons. The standard InChI is InChI=1S/C11H17ClN2O2S/c1-14(5-6-17(2,15)16)8-9-7-10(13)3-4-11(9)12/h3-4,7H,5-6,8,13H2,1-2H3. The second kappa shape index (κ2) is 5.71. The van der Waals surface area contributed by atoms with Crippen LogP contribution in [0.3, 0.4) is 0 Å². The number of benzene rings is 1. The molecule has 0 spiro atoms. The summed E-state index contributed by atoms with van der Waals surface area (Å²) in [5, 5.41) is 0.644. The van der Waals surface area contributed by atoms with Gasteiger partial charge in [0.1, 0.15) is 9.84 Å². The third-order valence-electron chi connectivity index (χ3n) is 2.35. The highest BCUT2D eigenvalue weighted by Crippen LogP contribution is 2.20. The van der Waals surface area contributed by atoms with Gasteiger partial charge in [0.05, 0.1) is 5.75 Å². The maximum absolute atomic E-state index is 11.0. The van der Waals surface area contributed by atoms with Crippen LogP contribution in [0.5, 0.6) is 0 Å². The molecule has 0 aliphatic carbocycles. The van der Waals surface area contributed by atoms with Crippen molar-refractivity contribution in [3.8, 4) is 0 Å². The molecule has 0 saturated heterocycles. The largest absolute Gasteiger partial charge is 0.399 e. The van der Waals surface area contributed by atoms with E-state index in [0.29, 0.717) is 23.8 Å². The summed E-state index contributed by atoms with van der Waals surface area (Å²) in [6.45, 7) is 1.06. The van der Waals surface area contributed by atoms with Crippen LogP contribution in [0.15, 0.2) is 18.2 Å². The van der Waals surface area contributed by atoms with Gasteiger partial charge in [0, 0.05) is 30.1 Å². The quantitative estimate of drug-likeness (QED) is 0.826. The summed E-state index contributed by atoms with van der Waals surface area (Å²) in [6.07, 6.45) is 1.23. The number of halogens is 1. The predicted molar refractivity (Wildman–Crippen MR) is 71.9 cm³/mol. The Bertz CT molecular complexity index is 488. The summed E-state index contributed by atoms with van der Waals surface area (Å²) >= 11 is 6.03. The normalized spacial score (nSPS) is 12.0. The number of rotatable bonds is 5. The molecule has 0 fully saturated rings. The summed E-state index contributed by atoms with van der Waals surface area (Å²) in [5.41, 5.74) is 7.23. The number of sulfone groups is 1. The molecule has 1 aromatic carbocycles. The van der Waals surface area contributed by atoms with Gasteiger partial charge in [-0.15, -0.1) is 0 Å². The molecule has 0 saturated carbocycles. The fraction of sp³-hybridized carbons (Fsp3) is 0.455. The molecule has 0 aromatic heterocycles. The van der Waals surface area contributed by atoms with E-state index in [2.05, 4.69) is 0 Å². The van der Waals surface area contributed by atoms with Gasteiger partial charge in [-0.05, 0) is 30.8 Å². The van der Waals surface area contributed by atoms with E-state index in [0.717, 1.165) is 5.56 Å². The number of nitrogen functional groups attached to an aromatic ring is 1. The molecule has 1 aromatic rings. The smallest absolute Gasteiger partial charge is 0.148 e. The first-order valence-corrected chi connectivity index (χ1v) is 7.62. The summed E-state index contributed by atoms with van der Waals surface area (Å²) in [6, 6.07) is 5.29. The molecule has 6 heteroatoms. The molecule has 0 radical (unpaired) electrons. The molecule has 0 heterocycles. The minimum absolute atomic E-state index is 0.142. The summed E-state index contributed by atoms with van der Waals surface area (Å²) < 4.78 is 22.1. The lowest BCUT2D eigenvalue weighted by molar-refractivity contribution is 0.346. The highest BCUT2D eigenvalue weighted by molar-refractivity contribution is 7.90. The zero-order valence-electron chi connectivity index (χ0n) is 9.98. The molecule has 17 heavy (non-hydrogen) atoms. The first-order valence-electron chi connectivity index (χ1n) is 5.18. The average Bonchev–Trinajstić information content (AvgIpc) is 2.20. The van der Waals surface area contributed by atoms with E-state index in [9.17, 15) is 8.42 Å². The molecule has 0 atom stereocenters. The number of nitrogens with two attached hydrogens (primary N) is 1. The van der Waals surface area contributed by atoms with Crippen molar-refractivity contribution in [3.63, 3.8) is 0 Å². The van der Waals surface area contributed by atoms with Crippen LogP contribution in [0.1, 0.15) is 5.56 Å². The van der Waals surface area contributed by atoms with Crippen LogP contribution in [-0.4, -0.2) is 38.9 Å². The van der Waals surface area contributed by atoms with Gasteiger partial charge in [-0.3, -0.25) is 0 Å². The minimum atomic E-state index is -2.93. The van der Waals surface area contributed by atoms with Gasteiger partial charge in [-0.2, -0.15) is 0 Å². The van der Waals surface area contributed by atoms with Crippen LogP contribution in [0, 0.1) is 0 Å². The number of hydrogen-bond donors (Lipinski definition) is 1. The maximum Gasteiger partial charge on any atom is 0.148 e. The Kier molecular flexibility index (Phi) is 4.80. The SMILES string of the molecule is CN(CCS(C)(=O)=O)Cc1cc(N)ccc1Cl. The van der Waals surface area contributed by atoms with Gasteiger partial charge in [0.15, 0.2) is 0 Å². The molecule has 0 aliphatic heterocycles. The van der Waals surface area contributed by atoms with Gasteiger partial charge in [0.2, 0.25) is 0 Å². The topological polar surface area (TPSA) is 63.4 Å². The van der Waals surface area contributed by atoms with Crippen molar-refractivity contribution in [3.05, 3.63) is 28.8 Å². The second-order valence-electron chi connectivity index (χ2n) is 4.22. The van der Waals surface area contributed by atoms with Crippen LogP contribution in [-0.2, 0) is 16.4 Å². The number of hydrogen-bond acceptors (Lipinski definition) is 4. The molecular weight excluding hydrogens is 260 g/mol. The van der Waals surface area contributed by atoms with E-state index in [-0.39, 0.29) is 5.75 Å². The Morgan fingerprint density at radius 1 is 1.41 bits per heavy atom. The van der Waals surface area contributed by atoms with Crippen molar-refractivity contribution in [1.82, 2.24) is 4.90 Å². The molecule has 0 aliphatic rings. The van der Waals surface area contributed by atoms with Gasteiger partial charge < -0.3 is 10.6 Å². The van der Waals surface area contributed by atoms with Crippen molar-refractivity contribution in [2.24, 2.45) is 0 Å². The Hall–Kier alpha value is -0.780. The molecular formula is C11H17ClN2O2S. The van der Waals surface area contributed by atoms with E-state index in [1.807, 2.05) is 11.9 Å². The van der Waals surface area contributed by atoms with E-state index in [1.165, 1.54) is 6.26 Å². The van der Waals surface area contributed by atoms with Crippen LogP contribution in [0.25, 0.3) is 0 Å². The van der Waals surface area contributed by atoms with E-state index in [1.54, 1.807) is 18.2 Å². The lowest BCUT2D eigenvalue weighted by Gasteiger charge is -2.17. The van der Waals surface area contributed by atoms with Gasteiger partial charge in [-0.25, -0.2) is 8.42 Å². The van der Waals surface area contributed by atoms with E-state index < -0.39 is 9.84 Å². The Labute approximate surface area is 107 Å². The van der Waals surface area contributed by atoms with Crippen molar-refractivity contribution in [2.75, 3.05) is 31.3 Å². The van der Waals surface area contributed by atoms with Gasteiger partial charge in [0.25, 0.3) is 0 Å². The van der Waals surface area contributed by atoms with Gasteiger partial charge >= 0.3 is 0 Å². The first-order chi connectivity index (χ1) is 7.78. The molecule has 0 amide bonds. The maximum atomic E-state index is 11.0. The van der Waals surface area contributed by atoms with Crippen molar-refractivity contribution >= 4 is 27.1 Å². The third kappa shape index (κ3) is 5.39. The molecule has 4 nitrogen and oxygen atoms in total. The summed E-state index contributed by atoms with van der Waals surface area (Å²) in [7, 11) is -1.08. The first kappa shape index (κ1) is 14.3. The molecule has 2 N–H and O–H groups in total. The summed E-state index contributed by atoms with van der Waals surface area (Å²) in [5.74, 6) is 0.142. The highest BCUT2D eigenvalue weighted by Gasteiger charge is 2.08. The molecule has 0 unspecified atom stereocenters. The molecule has 0 bridgehead atoms. The van der Waals surface area contributed by atoms with Crippen LogP contribution < -0.4 is 5.73 Å². The predicted octanol–water partition coefficient (Wildman–Crippen LogP) is 1.40. The molecule has 1 rings (SSSR count). The van der Waals surface area contributed by atoms with Crippen molar-refractivity contribution < 1.29 is 8.42 Å². The second-order valence-corrected chi connectivity index (χ2v) is 6.89. The fourth-order valence-corrected chi connectivity index (χ4v) is 2.23. The Morgan fingerprint density at radius 2 is 2.06 bits per heavy atom. The van der Waals surface area contributed by atoms with E-state index in [4.69, 9.17) is 17.3 Å². The number of anilines is 1. The highest BCUT2D eigenvalue weighted by atomic mass is 35.5. The fourth-order valence-electron chi connectivity index (χ4n) is 1.41. The van der Waals surface area contributed by atoms with E-state index >= 15 is 0 Å². The lowest BCUT2D eigenvalue weighted by atomic mass is 10.2. The van der Waals surface area contributed by atoms with Crippen LogP contribution >= 0.6 is 11.6 Å². The zero-order chi connectivity index (χ0) is 13.1. The van der Waals surface area contributed by atoms with Crippen LogP contribution in [0.4, 0.5) is 5.69 Å². The lowest BCUT2D eigenvalue weighted by Crippen LogP contribution is -2.25. The van der Waals surface area contributed by atoms with Gasteiger partial charge in [-0.1, -0.05) is 11.6 Å². The summed E-state index contributed by atoms with van der Waals surface area (Å²) in [4.78, 5) is 1.90. The van der Waals surface area contributed by atoms with Crippen molar-refractivity contribution in [1.29, 1.82) is 0 Å². The zero-order valence-corrected chi connectivity index (χ0v) is 11.6. The minimum Gasteiger partial charge on any atom is -0.399 e. The number of nitrogens with zero attached hydrogens (tertiary/aromatic N) is 1. The Balaban J connectivity index is 2.62. The Morgan fingerprint density at radius 3 is 2.65 bits per heavy atom. The monoisotopic (exact) mass is 276 g/mol. The average molecular weight is 277 g/mol.